The molecule has 0 aromatic heterocycles. The van der Waals surface area contributed by atoms with Gasteiger partial charge < -0.3 is 10.1 Å². The molecule has 4 heteroatoms. The van der Waals surface area contributed by atoms with Crippen LogP contribution in [0.5, 0.6) is 5.75 Å². The minimum Gasteiger partial charge on any atom is -0.493 e. The second kappa shape index (κ2) is 8.19. The van der Waals surface area contributed by atoms with Crippen molar-refractivity contribution in [3.8, 4) is 5.75 Å². The van der Waals surface area contributed by atoms with Crippen molar-refractivity contribution in [3.63, 3.8) is 0 Å². The van der Waals surface area contributed by atoms with Crippen molar-refractivity contribution >= 4 is 5.78 Å². The van der Waals surface area contributed by atoms with Crippen molar-refractivity contribution in [1.82, 2.24) is 10.2 Å². The van der Waals surface area contributed by atoms with Crippen molar-refractivity contribution in [2.75, 3.05) is 13.2 Å². The summed E-state index contributed by atoms with van der Waals surface area (Å²) in [4.78, 5) is 14.9. The molecule has 4 nitrogen and oxygen atoms in total. The van der Waals surface area contributed by atoms with Crippen LogP contribution in [0, 0.1) is 5.92 Å². The Balaban J connectivity index is 1.37. The Hall–Kier alpha value is -2.59. The lowest BCUT2D eigenvalue weighted by atomic mass is 9.97. The lowest BCUT2D eigenvalue weighted by Crippen LogP contribution is -2.34. The van der Waals surface area contributed by atoms with Gasteiger partial charge in [-0.25, -0.2) is 0 Å². The third kappa shape index (κ3) is 4.82. The summed E-state index contributed by atoms with van der Waals surface area (Å²) in [5, 5.41) is 3.24. The van der Waals surface area contributed by atoms with E-state index in [1.807, 2.05) is 25.1 Å². The molecule has 1 saturated carbocycles. The molecule has 0 spiro atoms. The number of ether oxygens (including phenoxy) is 1. The van der Waals surface area contributed by atoms with E-state index in [1.54, 1.807) is 0 Å². The number of allylic oxidation sites excluding steroid dienone is 1. The average Bonchev–Trinajstić information content (AvgIpc) is 3.50. The van der Waals surface area contributed by atoms with E-state index in [2.05, 4.69) is 41.1 Å². The molecule has 0 amide bonds. The maximum atomic E-state index is 12.7. The Bertz CT molecular complexity index is 869. The fourth-order valence-corrected chi connectivity index (χ4v) is 3.51. The van der Waals surface area contributed by atoms with Crippen LogP contribution in [-0.2, 0) is 19.6 Å². The summed E-state index contributed by atoms with van der Waals surface area (Å²) in [6, 6.07) is 14.5. The van der Waals surface area contributed by atoms with Gasteiger partial charge >= 0.3 is 0 Å². The van der Waals surface area contributed by atoms with Gasteiger partial charge in [0.25, 0.3) is 0 Å². The predicted molar refractivity (Wildman–Crippen MR) is 111 cm³/mol. The minimum atomic E-state index is 0.181. The molecule has 1 aliphatic heterocycles. The Morgan fingerprint density at radius 1 is 1.14 bits per heavy atom. The van der Waals surface area contributed by atoms with Gasteiger partial charge in [0.15, 0.2) is 5.78 Å². The van der Waals surface area contributed by atoms with E-state index in [1.165, 1.54) is 24.0 Å². The van der Waals surface area contributed by atoms with Gasteiger partial charge in [-0.3, -0.25) is 9.69 Å². The lowest BCUT2D eigenvalue weighted by molar-refractivity contribution is 0.0894. The maximum absolute atomic E-state index is 12.7. The van der Waals surface area contributed by atoms with Crippen LogP contribution in [0.3, 0.4) is 0 Å². The fourth-order valence-electron chi connectivity index (χ4n) is 3.51. The molecule has 2 aliphatic rings. The third-order valence-corrected chi connectivity index (χ3v) is 5.35. The summed E-state index contributed by atoms with van der Waals surface area (Å²) in [7, 11) is 0. The zero-order valence-corrected chi connectivity index (χ0v) is 16.5. The van der Waals surface area contributed by atoms with Gasteiger partial charge in [-0.1, -0.05) is 36.9 Å². The highest BCUT2D eigenvalue weighted by Gasteiger charge is 2.25. The molecule has 1 fully saturated rings. The minimum absolute atomic E-state index is 0.181. The summed E-state index contributed by atoms with van der Waals surface area (Å²) in [6.07, 6.45) is 2.54. The summed E-state index contributed by atoms with van der Waals surface area (Å²) >= 11 is 0. The molecule has 146 valence electrons. The van der Waals surface area contributed by atoms with E-state index in [9.17, 15) is 4.79 Å². The molecule has 0 saturated heterocycles. The number of carbonyl (C=O) groups excluding carboxylic acids is 1. The van der Waals surface area contributed by atoms with Crippen molar-refractivity contribution < 1.29 is 9.53 Å². The number of ketones is 1. The van der Waals surface area contributed by atoms with E-state index in [-0.39, 0.29) is 5.78 Å². The zero-order chi connectivity index (χ0) is 19.5. The van der Waals surface area contributed by atoms with Crippen molar-refractivity contribution in [3.05, 3.63) is 77.0 Å². The highest BCUT2D eigenvalue weighted by molar-refractivity contribution is 6.00. The Kier molecular flexibility index (Phi) is 5.49. The molecule has 4 rings (SSSR count). The Morgan fingerprint density at radius 3 is 2.61 bits per heavy atom. The van der Waals surface area contributed by atoms with Crippen LogP contribution in [-0.4, -0.2) is 23.8 Å². The third-order valence-electron chi connectivity index (χ3n) is 5.35. The van der Waals surface area contributed by atoms with Gasteiger partial charge in [-0.15, -0.1) is 0 Å². The van der Waals surface area contributed by atoms with Crippen LogP contribution in [0.25, 0.3) is 0 Å². The number of Topliss-reactive ketones (excluding diaryl/α,β-unsaturated/α-hetero) is 1. The van der Waals surface area contributed by atoms with Crippen LogP contribution >= 0.6 is 0 Å². The normalized spacial score (nSPS) is 16.5. The molecule has 0 atom stereocenters. The quantitative estimate of drug-likeness (QED) is 0.746. The molecule has 1 aliphatic carbocycles. The molecular formula is C24H28N2O2. The zero-order valence-electron chi connectivity index (χ0n) is 16.5. The number of benzene rings is 2. The standard InChI is InChI=1S/C24H28N2O2/c1-17(2)25-12-18-3-5-19(6-4-18)13-26-14-21-9-10-22(28-16-20-7-8-20)11-23(21)24(27)15-26/h3-6,9-11,20,25H,1,7-8,12-16H2,2H3. The number of hydrogen-bond donors (Lipinski definition) is 1. The number of carbonyl (C=O) groups is 1. The van der Waals surface area contributed by atoms with Crippen LogP contribution < -0.4 is 10.1 Å². The summed E-state index contributed by atoms with van der Waals surface area (Å²) in [5.41, 5.74) is 5.34. The van der Waals surface area contributed by atoms with Gasteiger partial charge in [-0.2, -0.15) is 0 Å². The van der Waals surface area contributed by atoms with Gasteiger partial charge in [0.1, 0.15) is 5.75 Å². The molecule has 1 N–H and O–H groups in total. The summed E-state index contributed by atoms with van der Waals surface area (Å²) in [5.74, 6) is 1.72. The number of nitrogens with zero attached hydrogens (tertiary/aromatic N) is 1. The average molecular weight is 377 g/mol. The first-order valence-corrected chi connectivity index (χ1v) is 10.1. The first-order chi connectivity index (χ1) is 13.6. The molecule has 0 bridgehead atoms. The fraction of sp³-hybridized carbons (Fsp3) is 0.375. The molecule has 2 aromatic carbocycles. The van der Waals surface area contributed by atoms with Gasteiger partial charge in [0.2, 0.25) is 0 Å². The van der Waals surface area contributed by atoms with E-state index in [4.69, 9.17) is 4.74 Å². The van der Waals surface area contributed by atoms with E-state index < -0.39 is 0 Å². The number of hydrogen-bond acceptors (Lipinski definition) is 4. The SMILES string of the molecule is C=C(C)NCc1ccc(CN2CC(=O)c3cc(OCC4CC4)ccc3C2)cc1. The van der Waals surface area contributed by atoms with Crippen LogP contribution in [0.2, 0.25) is 0 Å². The van der Waals surface area contributed by atoms with E-state index >= 15 is 0 Å². The molecular weight excluding hydrogens is 348 g/mol. The molecule has 2 aromatic rings. The first-order valence-electron chi connectivity index (χ1n) is 10.1. The maximum Gasteiger partial charge on any atom is 0.177 e. The van der Waals surface area contributed by atoms with Crippen molar-refractivity contribution in [1.29, 1.82) is 0 Å². The van der Waals surface area contributed by atoms with Crippen LogP contribution in [0.4, 0.5) is 0 Å². The molecule has 0 unspecified atom stereocenters. The summed E-state index contributed by atoms with van der Waals surface area (Å²) < 4.78 is 5.84. The lowest BCUT2D eigenvalue weighted by Gasteiger charge is -2.28. The predicted octanol–water partition coefficient (Wildman–Crippen LogP) is 4.30. The van der Waals surface area contributed by atoms with Crippen molar-refractivity contribution in [2.24, 2.45) is 5.92 Å². The summed E-state index contributed by atoms with van der Waals surface area (Å²) in [6.45, 7) is 9.41. The second-order valence-corrected chi connectivity index (χ2v) is 8.09. The number of nitrogens with one attached hydrogen (secondary N) is 1. The van der Waals surface area contributed by atoms with Crippen LogP contribution in [0.15, 0.2) is 54.7 Å². The number of fused-ring (bicyclic) bond motifs is 1. The first kappa shape index (κ1) is 18.8. The van der Waals surface area contributed by atoms with Gasteiger partial charge in [-0.05, 0) is 54.5 Å². The largest absolute Gasteiger partial charge is 0.493 e. The van der Waals surface area contributed by atoms with Gasteiger partial charge in [0.05, 0.1) is 13.2 Å². The molecule has 1 heterocycles. The van der Waals surface area contributed by atoms with Gasteiger partial charge in [0, 0.05) is 30.9 Å². The highest BCUT2D eigenvalue weighted by atomic mass is 16.5. The monoisotopic (exact) mass is 376 g/mol. The van der Waals surface area contributed by atoms with Crippen molar-refractivity contribution in [2.45, 2.75) is 39.4 Å². The molecule has 0 radical (unpaired) electrons. The molecule has 28 heavy (non-hydrogen) atoms. The topological polar surface area (TPSA) is 41.6 Å². The van der Waals surface area contributed by atoms with E-state index in [0.717, 1.165) is 48.8 Å². The smallest absolute Gasteiger partial charge is 0.177 e. The Morgan fingerprint density at radius 2 is 1.89 bits per heavy atom. The Labute approximate surface area is 167 Å². The van der Waals surface area contributed by atoms with Crippen LogP contribution in [0.1, 0.15) is 46.8 Å². The second-order valence-electron chi connectivity index (χ2n) is 8.09. The highest BCUT2D eigenvalue weighted by Crippen LogP contribution is 2.30. The van der Waals surface area contributed by atoms with E-state index in [0.29, 0.717) is 12.5 Å². The number of rotatable bonds is 8.